The number of carboxylic acid groups (broad SMARTS) is 1. The third-order valence-electron chi connectivity index (χ3n) is 13.9. The maximum Gasteiger partial charge on any atom is 0.335 e. The zero-order valence-electron chi connectivity index (χ0n) is 42.5. The van der Waals surface area contributed by atoms with Gasteiger partial charge in [0, 0.05) is 32.3 Å². The van der Waals surface area contributed by atoms with Crippen LogP contribution in [0.2, 0.25) is 0 Å². The van der Waals surface area contributed by atoms with E-state index in [2.05, 4.69) is 113 Å². The van der Waals surface area contributed by atoms with E-state index in [-0.39, 0.29) is 27.2 Å². The van der Waals surface area contributed by atoms with Crippen LogP contribution in [0, 0.1) is 0 Å². The molecule has 0 aromatic heterocycles. The summed E-state index contributed by atoms with van der Waals surface area (Å²) in [5, 5.41) is 15.5. The SMILES string of the molecule is CC(C)(C)c1ccc(Oc2cc3c4c(cc(Oc5ccc(C(C)(C)C)cc5)c5c6ccc(Oc7ccc(C(=O)O)cc7)c7cccc(c2c45)c76)C(=O)N(c2cc(C(C)(C)C)cc(C(C)(C)C)c2)C3=O)cc1. The molecule has 1 N–H and O–H groups in total. The molecule has 358 valence electrons. The normalized spacial score (nSPS) is 13.5. The number of carbonyl (C=O) groups is 3. The molecule has 2 amide bonds. The van der Waals surface area contributed by atoms with Gasteiger partial charge in [0.25, 0.3) is 11.8 Å². The molecule has 0 unspecified atom stereocenters. The number of hydrogen-bond acceptors (Lipinski definition) is 6. The van der Waals surface area contributed by atoms with Crippen LogP contribution in [0.3, 0.4) is 0 Å². The van der Waals surface area contributed by atoms with Gasteiger partial charge in [-0.2, -0.15) is 0 Å². The van der Waals surface area contributed by atoms with Gasteiger partial charge in [-0.25, -0.2) is 9.69 Å². The lowest BCUT2D eigenvalue weighted by molar-refractivity contribution is 0.0696. The lowest BCUT2D eigenvalue weighted by Gasteiger charge is -2.32. The van der Waals surface area contributed by atoms with Crippen molar-refractivity contribution in [3.8, 4) is 34.5 Å². The predicted molar refractivity (Wildman–Crippen MR) is 287 cm³/mol. The van der Waals surface area contributed by atoms with E-state index in [9.17, 15) is 9.90 Å². The number of aromatic carboxylic acids is 1. The van der Waals surface area contributed by atoms with Gasteiger partial charge in [-0.15, -0.1) is 0 Å². The fourth-order valence-corrected chi connectivity index (χ4v) is 9.77. The first-order valence-electron chi connectivity index (χ1n) is 24.2. The molecule has 1 aliphatic heterocycles. The lowest BCUT2D eigenvalue weighted by atomic mass is 9.80. The van der Waals surface area contributed by atoms with Gasteiger partial charge in [0.15, 0.2) is 0 Å². The van der Waals surface area contributed by atoms with Gasteiger partial charge in [-0.05, 0) is 140 Å². The van der Waals surface area contributed by atoms with Crippen LogP contribution in [0.4, 0.5) is 5.69 Å². The maximum absolute atomic E-state index is 15.6. The van der Waals surface area contributed by atoms with E-state index in [0.717, 1.165) is 43.8 Å². The van der Waals surface area contributed by atoms with Gasteiger partial charge in [-0.1, -0.05) is 132 Å². The number of ether oxygens (including phenoxy) is 3. The highest BCUT2D eigenvalue weighted by Gasteiger charge is 2.39. The average Bonchev–Trinajstić information content (AvgIpc) is 3.30. The van der Waals surface area contributed by atoms with Gasteiger partial charge in [-0.3, -0.25) is 9.59 Å². The Morgan fingerprint density at radius 2 is 0.817 bits per heavy atom. The number of amides is 2. The summed E-state index contributed by atoms with van der Waals surface area (Å²) in [6, 6.07) is 42.0. The van der Waals surface area contributed by atoms with Crippen molar-refractivity contribution in [1.82, 2.24) is 0 Å². The molecule has 1 aliphatic rings. The van der Waals surface area contributed by atoms with E-state index in [1.807, 2.05) is 78.9 Å². The Morgan fingerprint density at radius 1 is 0.408 bits per heavy atom. The van der Waals surface area contributed by atoms with Crippen molar-refractivity contribution in [2.75, 3.05) is 4.90 Å². The van der Waals surface area contributed by atoms with Gasteiger partial charge in [0.2, 0.25) is 0 Å². The molecule has 0 saturated heterocycles. The topological polar surface area (TPSA) is 102 Å². The molecule has 10 rings (SSSR count). The molecule has 0 atom stereocenters. The number of imide groups is 1. The zero-order chi connectivity index (χ0) is 50.7. The molecule has 8 nitrogen and oxygen atoms in total. The van der Waals surface area contributed by atoms with E-state index >= 15 is 9.59 Å². The minimum atomic E-state index is -1.02. The molecule has 0 aliphatic carbocycles. The monoisotopic (exact) mass is 941 g/mol. The Morgan fingerprint density at radius 3 is 1.25 bits per heavy atom. The van der Waals surface area contributed by atoms with Crippen LogP contribution in [-0.4, -0.2) is 22.9 Å². The Bertz CT molecular complexity index is 3470. The van der Waals surface area contributed by atoms with Crippen LogP contribution in [0.25, 0.3) is 43.1 Å². The number of carboxylic acids is 1. The van der Waals surface area contributed by atoms with Crippen molar-refractivity contribution in [1.29, 1.82) is 0 Å². The molecule has 71 heavy (non-hydrogen) atoms. The first-order valence-corrected chi connectivity index (χ1v) is 24.2. The van der Waals surface area contributed by atoms with E-state index in [1.54, 1.807) is 12.1 Å². The number of nitrogens with zero attached hydrogens (tertiary/aromatic N) is 1. The second-order valence-electron chi connectivity index (χ2n) is 23.1. The maximum atomic E-state index is 15.6. The van der Waals surface area contributed by atoms with Crippen LogP contribution in [-0.2, 0) is 21.7 Å². The first-order chi connectivity index (χ1) is 33.4. The Kier molecular flexibility index (Phi) is 10.9. The number of carbonyl (C=O) groups excluding carboxylic acids is 2. The Labute approximate surface area is 415 Å². The summed E-state index contributed by atoms with van der Waals surface area (Å²) >= 11 is 0. The molecular weight excluding hydrogens is 883 g/mol. The van der Waals surface area contributed by atoms with E-state index in [1.165, 1.54) is 17.0 Å². The second kappa shape index (κ2) is 16.4. The fraction of sp³-hybridized carbons (Fsp3) is 0.254. The van der Waals surface area contributed by atoms with E-state index in [0.29, 0.717) is 72.9 Å². The van der Waals surface area contributed by atoms with Crippen molar-refractivity contribution < 1.29 is 33.7 Å². The molecular formula is C63H59NO7. The van der Waals surface area contributed by atoms with Crippen molar-refractivity contribution in [3.05, 3.63) is 172 Å². The minimum Gasteiger partial charge on any atom is -0.478 e. The average molecular weight is 942 g/mol. The summed E-state index contributed by atoms with van der Waals surface area (Å²) in [6.07, 6.45) is 0. The van der Waals surface area contributed by atoms with Crippen molar-refractivity contribution >= 4 is 66.6 Å². The third-order valence-corrected chi connectivity index (χ3v) is 13.9. The highest BCUT2D eigenvalue weighted by Crippen LogP contribution is 2.53. The zero-order valence-corrected chi connectivity index (χ0v) is 42.5. The molecule has 9 aromatic rings. The predicted octanol–water partition coefficient (Wildman–Crippen LogP) is 16.8. The molecule has 8 heteroatoms. The van der Waals surface area contributed by atoms with Crippen molar-refractivity contribution in [2.45, 2.75) is 105 Å². The van der Waals surface area contributed by atoms with Crippen LogP contribution in [0.5, 0.6) is 34.5 Å². The second-order valence-corrected chi connectivity index (χ2v) is 23.1. The molecule has 0 radical (unpaired) electrons. The lowest BCUT2D eigenvalue weighted by Crippen LogP contribution is -2.41. The fourth-order valence-electron chi connectivity index (χ4n) is 9.77. The van der Waals surface area contributed by atoms with Crippen LogP contribution >= 0.6 is 0 Å². The van der Waals surface area contributed by atoms with Gasteiger partial charge >= 0.3 is 5.97 Å². The largest absolute Gasteiger partial charge is 0.478 e. The number of rotatable bonds is 8. The minimum absolute atomic E-state index is 0.0938. The highest BCUT2D eigenvalue weighted by atomic mass is 16.5. The van der Waals surface area contributed by atoms with Gasteiger partial charge in [0.1, 0.15) is 34.5 Å². The first kappa shape index (κ1) is 47.0. The molecule has 0 spiro atoms. The van der Waals surface area contributed by atoms with Gasteiger partial charge < -0.3 is 19.3 Å². The molecule has 0 bridgehead atoms. The standard InChI is InChI=1S/C63H59NO7/c1-60(2,3)36-18-24-42(25-19-36)70-50-33-47-53-48(58(66)64(57(47)65)40-31-38(62(7,8)9)30-39(32-40)63(10,11)12)34-51(71-43-26-20-37(21-27-43)61(4,5)6)55-46-28-29-49(69-41-22-16-35(17-23-41)59(67)68)44-14-13-15-45(52(44)46)54(50)56(53)55/h13-34H,1-12H3,(H,67,68). The summed E-state index contributed by atoms with van der Waals surface area (Å²) in [4.78, 5) is 44.2. The Hall–Kier alpha value is -7.71. The molecule has 9 aromatic carbocycles. The number of anilines is 1. The quantitative estimate of drug-likeness (QED) is 0.0919. The highest BCUT2D eigenvalue weighted by molar-refractivity contribution is 6.44. The molecule has 0 fully saturated rings. The number of fused-ring (bicyclic) bond motifs is 2. The third kappa shape index (κ3) is 8.29. The van der Waals surface area contributed by atoms with E-state index in [4.69, 9.17) is 14.2 Å². The molecule has 0 saturated carbocycles. The van der Waals surface area contributed by atoms with Gasteiger partial charge in [0.05, 0.1) is 22.4 Å². The Balaban J connectivity index is 1.30. The summed E-state index contributed by atoms with van der Waals surface area (Å²) in [7, 11) is 0. The molecule has 1 heterocycles. The van der Waals surface area contributed by atoms with Crippen LogP contribution < -0.4 is 19.1 Å². The van der Waals surface area contributed by atoms with Crippen LogP contribution in [0.1, 0.15) is 136 Å². The summed E-state index contributed by atoms with van der Waals surface area (Å²) in [5.74, 6) is 1.13. The summed E-state index contributed by atoms with van der Waals surface area (Å²) in [6.45, 7) is 25.8. The number of hydrogen-bond donors (Lipinski definition) is 1. The van der Waals surface area contributed by atoms with Crippen molar-refractivity contribution in [2.24, 2.45) is 0 Å². The summed E-state index contributed by atoms with van der Waals surface area (Å²) in [5.41, 5.74) is 4.86. The number of benzene rings is 9. The smallest absolute Gasteiger partial charge is 0.335 e. The summed E-state index contributed by atoms with van der Waals surface area (Å²) < 4.78 is 20.6. The van der Waals surface area contributed by atoms with Crippen molar-refractivity contribution in [3.63, 3.8) is 0 Å². The van der Waals surface area contributed by atoms with Crippen LogP contribution in [0.15, 0.2) is 133 Å². The van der Waals surface area contributed by atoms with E-state index < -0.39 is 17.8 Å².